The molecule has 0 aliphatic rings. The third-order valence-electron chi connectivity index (χ3n) is 5.88. The Morgan fingerprint density at radius 3 is 2.28 bits per heavy atom. The van der Waals surface area contributed by atoms with Gasteiger partial charge in [-0.3, -0.25) is 24.3 Å². The number of fused-ring (bicyclic) bond motifs is 1. The smallest absolute Gasteiger partial charge is 0.269 e. The predicted octanol–water partition coefficient (Wildman–Crippen LogP) is 5.81. The fourth-order valence-electron chi connectivity index (χ4n) is 4.11. The molecule has 0 N–H and O–H groups in total. The molecule has 1 unspecified atom stereocenters. The van der Waals surface area contributed by atoms with Gasteiger partial charge in [-0.15, -0.1) is 0 Å². The lowest BCUT2D eigenvalue weighted by Gasteiger charge is -2.32. The molecule has 1 atom stereocenters. The Balaban J connectivity index is 1.87. The molecule has 8 nitrogen and oxygen atoms in total. The topological polar surface area (TPSA) is 98.3 Å². The average molecular weight is 505 g/mol. The normalized spacial score (nSPS) is 12.0. The first-order valence-corrected chi connectivity index (χ1v) is 11.9. The van der Waals surface area contributed by atoms with Crippen LogP contribution in [0.1, 0.15) is 43.0 Å². The van der Waals surface area contributed by atoms with Crippen molar-refractivity contribution < 1.29 is 9.72 Å². The van der Waals surface area contributed by atoms with E-state index in [0.29, 0.717) is 39.5 Å². The van der Waals surface area contributed by atoms with Gasteiger partial charge in [-0.05, 0) is 61.4 Å². The summed E-state index contributed by atoms with van der Waals surface area (Å²) in [6, 6.07) is 18.9. The van der Waals surface area contributed by atoms with E-state index in [1.807, 2.05) is 26.8 Å². The minimum atomic E-state index is -0.594. The van der Waals surface area contributed by atoms with Gasteiger partial charge in [0.2, 0.25) is 0 Å². The van der Waals surface area contributed by atoms with E-state index in [1.54, 1.807) is 47.4 Å². The van der Waals surface area contributed by atoms with Gasteiger partial charge in [-0.25, -0.2) is 4.98 Å². The summed E-state index contributed by atoms with van der Waals surface area (Å²) in [5.41, 5.74) is 1.08. The van der Waals surface area contributed by atoms with E-state index >= 15 is 0 Å². The largest absolute Gasteiger partial charge is 0.328 e. The number of nitro benzene ring substituents is 1. The number of halogens is 1. The molecule has 4 rings (SSSR count). The molecule has 0 fully saturated rings. The van der Waals surface area contributed by atoms with Crippen molar-refractivity contribution in [3.63, 3.8) is 0 Å². The van der Waals surface area contributed by atoms with Crippen LogP contribution in [-0.2, 0) is 0 Å². The third kappa shape index (κ3) is 4.99. The van der Waals surface area contributed by atoms with Gasteiger partial charge in [0.25, 0.3) is 17.2 Å². The van der Waals surface area contributed by atoms with E-state index in [9.17, 15) is 19.7 Å². The third-order valence-corrected chi connectivity index (χ3v) is 6.13. The SMILES string of the molecule is CC(C)CN(C(=O)c1ccc([N+](=O)[O-])cc1)C(C)c1nc2ccccc2c(=O)n1-c1ccc(Cl)cc1. The first-order valence-electron chi connectivity index (χ1n) is 11.5. The lowest BCUT2D eigenvalue weighted by atomic mass is 10.1. The fraction of sp³-hybridized carbons (Fsp3) is 0.222. The zero-order valence-electron chi connectivity index (χ0n) is 20.1. The molecular formula is C27H25ClN4O4. The molecule has 1 amide bonds. The van der Waals surface area contributed by atoms with Crippen molar-refractivity contribution >= 4 is 34.1 Å². The molecule has 0 saturated carbocycles. The molecule has 36 heavy (non-hydrogen) atoms. The Morgan fingerprint density at radius 2 is 1.67 bits per heavy atom. The molecule has 1 aromatic heterocycles. The minimum absolute atomic E-state index is 0.0946. The van der Waals surface area contributed by atoms with Crippen LogP contribution in [0.25, 0.3) is 16.6 Å². The number of nitrogens with zero attached hydrogens (tertiary/aromatic N) is 4. The standard InChI is InChI=1S/C27H25ClN4O4/c1-17(2)16-30(26(33)19-8-12-22(13-9-19)32(35)36)18(3)25-29-24-7-5-4-6-23(24)27(34)31(25)21-14-10-20(28)11-15-21/h4-15,17-18H,16H2,1-3H3. The van der Waals surface area contributed by atoms with E-state index in [0.717, 1.165) is 0 Å². The first kappa shape index (κ1) is 25.1. The predicted molar refractivity (Wildman–Crippen MR) is 140 cm³/mol. The van der Waals surface area contributed by atoms with Crippen molar-refractivity contribution in [2.24, 2.45) is 5.92 Å². The highest BCUT2D eigenvalue weighted by Gasteiger charge is 2.28. The summed E-state index contributed by atoms with van der Waals surface area (Å²) in [5.74, 6) is 0.207. The number of amides is 1. The molecule has 184 valence electrons. The van der Waals surface area contributed by atoms with Crippen LogP contribution in [0.2, 0.25) is 5.02 Å². The Kier molecular flexibility index (Phi) is 7.17. The summed E-state index contributed by atoms with van der Waals surface area (Å²) in [6.07, 6.45) is 0. The number of carbonyl (C=O) groups is 1. The Bertz CT molecular complexity index is 1480. The van der Waals surface area contributed by atoms with E-state index in [-0.39, 0.29) is 23.1 Å². The molecule has 3 aromatic carbocycles. The van der Waals surface area contributed by atoms with Crippen molar-refractivity contribution in [1.82, 2.24) is 14.5 Å². The van der Waals surface area contributed by atoms with Crippen molar-refractivity contribution in [3.05, 3.63) is 110 Å². The Hall–Kier alpha value is -4.04. The second-order valence-corrected chi connectivity index (χ2v) is 9.37. The number of nitro groups is 1. The summed E-state index contributed by atoms with van der Waals surface area (Å²) < 4.78 is 1.51. The van der Waals surface area contributed by atoms with E-state index in [4.69, 9.17) is 16.6 Å². The number of carbonyl (C=O) groups excluding carboxylic acids is 1. The molecular weight excluding hydrogens is 480 g/mol. The van der Waals surface area contributed by atoms with Crippen LogP contribution in [0.4, 0.5) is 5.69 Å². The summed E-state index contributed by atoms with van der Waals surface area (Å²) in [4.78, 5) is 44.3. The van der Waals surface area contributed by atoms with E-state index in [1.165, 1.54) is 28.8 Å². The highest BCUT2D eigenvalue weighted by Crippen LogP contribution is 2.26. The second-order valence-electron chi connectivity index (χ2n) is 8.94. The maximum Gasteiger partial charge on any atom is 0.269 e. The summed E-state index contributed by atoms with van der Waals surface area (Å²) in [6.45, 7) is 6.20. The zero-order chi connectivity index (χ0) is 26.0. The highest BCUT2D eigenvalue weighted by molar-refractivity contribution is 6.30. The van der Waals surface area contributed by atoms with Crippen molar-refractivity contribution in [2.75, 3.05) is 6.54 Å². The molecule has 0 aliphatic heterocycles. The van der Waals surface area contributed by atoms with Gasteiger partial charge in [0, 0.05) is 29.3 Å². The summed E-state index contributed by atoms with van der Waals surface area (Å²) in [7, 11) is 0. The molecule has 0 bridgehead atoms. The summed E-state index contributed by atoms with van der Waals surface area (Å²) >= 11 is 6.09. The molecule has 0 spiro atoms. The van der Waals surface area contributed by atoms with Gasteiger partial charge in [0.15, 0.2) is 0 Å². The maximum absolute atomic E-state index is 13.6. The van der Waals surface area contributed by atoms with Gasteiger partial charge >= 0.3 is 0 Å². The van der Waals surface area contributed by atoms with Gasteiger partial charge in [0.05, 0.1) is 27.6 Å². The average Bonchev–Trinajstić information content (AvgIpc) is 2.87. The Morgan fingerprint density at radius 1 is 1.03 bits per heavy atom. The monoisotopic (exact) mass is 504 g/mol. The van der Waals surface area contributed by atoms with Crippen molar-refractivity contribution in [2.45, 2.75) is 26.8 Å². The number of hydrogen-bond donors (Lipinski definition) is 0. The van der Waals surface area contributed by atoms with Crippen LogP contribution in [0.5, 0.6) is 0 Å². The lowest BCUT2D eigenvalue weighted by Crippen LogP contribution is -2.39. The van der Waals surface area contributed by atoms with Gasteiger partial charge in [0.1, 0.15) is 5.82 Å². The molecule has 4 aromatic rings. The minimum Gasteiger partial charge on any atom is -0.328 e. The van der Waals surface area contributed by atoms with Crippen LogP contribution >= 0.6 is 11.6 Å². The van der Waals surface area contributed by atoms with Crippen molar-refractivity contribution in [1.29, 1.82) is 0 Å². The molecule has 9 heteroatoms. The Labute approximate surface area is 212 Å². The number of benzene rings is 3. The second kappa shape index (κ2) is 10.3. The first-order chi connectivity index (χ1) is 17.2. The van der Waals surface area contributed by atoms with E-state index in [2.05, 4.69) is 0 Å². The molecule has 0 saturated heterocycles. The maximum atomic E-state index is 13.6. The molecule has 0 aliphatic carbocycles. The number of hydrogen-bond acceptors (Lipinski definition) is 5. The lowest BCUT2D eigenvalue weighted by molar-refractivity contribution is -0.384. The van der Waals surface area contributed by atoms with Crippen LogP contribution in [0.3, 0.4) is 0 Å². The number of aromatic nitrogens is 2. The highest BCUT2D eigenvalue weighted by atomic mass is 35.5. The van der Waals surface area contributed by atoms with Crippen LogP contribution in [0.15, 0.2) is 77.6 Å². The quantitative estimate of drug-likeness (QED) is 0.234. The number of non-ortho nitro benzene ring substituents is 1. The number of para-hydroxylation sites is 1. The molecule has 0 radical (unpaired) electrons. The van der Waals surface area contributed by atoms with Crippen LogP contribution in [0, 0.1) is 16.0 Å². The van der Waals surface area contributed by atoms with E-state index < -0.39 is 11.0 Å². The van der Waals surface area contributed by atoms with Crippen molar-refractivity contribution in [3.8, 4) is 5.69 Å². The zero-order valence-corrected chi connectivity index (χ0v) is 20.8. The number of rotatable bonds is 7. The van der Waals surface area contributed by atoms with Crippen LogP contribution in [-0.4, -0.2) is 31.8 Å². The summed E-state index contributed by atoms with van der Waals surface area (Å²) in [5, 5.41) is 12.0. The van der Waals surface area contributed by atoms with Gasteiger partial charge in [-0.2, -0.15) is 0 Å². The fourth-order valence-corrected chi connectivity index (χ4v) is 4.24. The van der Waals surface area contributed by atoms with Gasteiger partial charge < -0.3 is 4.90 Å². The van der Waals surface area contributed by atoms with Gasteiger partial charge in [-0.1, -0.05) is 37.6 Å². The van der Waals surface area contributed by atoms with Crippen LogP contribution < -0.4 is 5.56 Å². The molecule has 1 heterocycles.